The molecule has 0 saturated carbocycles. The zero-order chi connectivity index (χ0) is 12.3. The third kappa shape index (κ3) is 3.68. The molecule has 0 bridgehead atoms. The zero-order valence-electron chi connectivity index (χ0n) is 11.1. The second-order valence-electron chi connectivity index (χ2n) is 4.82. The maximum Gasteiger partial charge on any atom is 0.0824 e. The first kappa shape index (κ1) is 15.4. The van der Waals surface area contributed by atoms with Gasteiger partial charge in [-0.05, 0) is 19.9 Å². The van der Waals surface area contributed by atoms with Crippen LogP contribution in [0.5, 0.6) is 0 Å². The van der Waals surface area contributed by atoms with Crippen molar-refractivity contribution in [1.82, 2.24) is 14.7 Å². The summed E-state index contributed by atoms with van der Waals surface area (Å²) >= 11 is 0. The van der Waals surface area contributed by atoms with Crippen LogP contribution in [0.15, 0.2) is 12.3 Å². The van der Waals surface area contributed by atoms with E-state index in [0.29, 0.717) is 12.6 Å². The zero-order valence-corrected chi connectivity index (χ0v) is 11.9. The molecule has 0 aliphatic carbocycles. The van der Waals surface area contributed by atoms with Gasteiger partial charge in [-0.1, -0.05) is 0 Å². The van der Waals surface area contributed by atoms with Gasteiger partial charge in [0.25, 0.3) is 0 Å². The quantitative estimate of drug-likeness (QED) is 0.892. The van der Waals surface area contributed by atoms with Gasteiger partial charge < -0.3 is 10.5 Å². The van der Waals surface area contributed by atoms with Crippen molar-refractivity contribution in [2.75, 3.05) is 26.2 Å². The van der Waals surface area contributed by atoms with Gasteiger partial charge in [0.2, 0.25) is 0 Å². The fourth-order valence-corrected chi connectivity index (χ4v) is 2.23. The molecule has 1 fully saturated rings. The highest BCUT2D eigenvalue weighted by molar-refractivity contribution is 5.85. The van der Waals surface area contributed by atoms with Gasteiger partial charge in [0, 0.05) is 38.4 Å². The molecule has 0 aromatic carbocycles. The molecule has 2 heterocycles. The Bertz CT molecular complexity index is 356. The summed E-state index contributed by atoms with van der Waals surface area (Å²) in [5.41, 5.74) is 6.91. The molecule has 18 heavy (non-hydrogen) atoms. The molecule has 2 N–H and O–H groups in total. The highest BCUT2D eigenvalue weighted by Gasteiger charge is 2.20. The summed E-state index contributed by atoms with van der Waals surface area (Å²) in [6.07, 6.45) is 2.05. The van der Waals surface area contributed by atoms with Crippen LogP contribution in [0.2, 0.25) is 0 Å². The van der Waals surface area contributed by atoms with Gasteiger partial charge in [-0.15, -0.1) is 12.4 Å². The number of hydrogen-bond donors (Lipinski definition) is 1. The Kier molecular flexibility index (Phi) is 6.08. The number of morpholine rings is 1. The van der Waals surface area contributed by atoms with E-state index < -0.39 is 0 Å². The van der Waals surface area contributed by atoms with Gasteiger partial charge in [-0.2, -0.15) is 5.10 Å². The predicted molar refractivity (Wildman–Crippen MR) is 73.9 cm³/mol. The number of ether oxygens (including phenoxy) is 1. The van der Waals surface area contributed by atoms with Crippen molar-refractivity contribution in [2.45, 2.75) is 32.5 Å². The van der Waals surface area contributed by atoms with Gasteiger partial charge in [0.1, 0.15) is 0 Å². The van der Waals surface area contributed by atoms with Crippen LogP contribution in [0.1, 0.15) is 25.6 Å². The van der Waals surface area contributed by atoms with E-state index in [0.717, 1.165) is 26.2 Å². The van der Waals surface area contributed by atoms with Crippen LogP contribution in [0.3, 0.4) is 0 Å². The first-order valence-corrected chi connectivity index (χ1v) is 6.27. The van der Waals surface area contributed by atoms with Crippen molar-refractivity contribution in [3.63, 3.8) is 0 Å². The summed E-state index contributed by atoms with van der Waals surface area (Å²) in [5, 5.41) is 4.35. The van der Waals surface area contributed by atoms with Gasteiger partial charge in [-0.25, -0.2) is 0 Å². The minimum atomic E-state index is 0. The molecule has 1 aliphatic heterocycles. The SMILES string of the molecule is CC(C)n1nccc1CN1CCOC(CN)C1.Cl. The topological polar surface area (TPSA) is 56.3 Å². The number of hydrogen-bond acceptors (Lipinski definition) is 4. The lowest BCUT2D eigenvalue weighted by molar-refractivity contribution is -0.0268. The summed E-state index contributed by atoms with van der Waals surface area (Å²) in [5.74, 6) is 0. The Morgan fingerprint density at radius 3 is 3.00 bits per heavy atom. The molecule has 1 atom stereocenters. The molecule has 1 aromatic heterocycles. The number of halogens is 1. The molecule has 1 saturated heterocycles. The van der Waals surface area contributed by atoms with Crippen LogP contribution in [-0.4, -0.2) is 47.0 Å². The van der Waals surface area contributed by atoms with Gasteiger partial charge in [0.05, 0.1) is 18.4 Å². The molecular weight excluding hydrogens is 252 g/mol. The van der Waals surface area contributed by atoms with Gasteiger partial charge >= 0.3 is 0 Å². The summed E-state index contributed by atoms with van der Waals surface area (Å²) in [7, 11) is 0. The molecule has 1 unspecified atom stereocenters. The lowest BCUT2D eigenvalue weighted by Crippen LogP contribution is -2.45. The Balaban J connectivity index is 0.00000162. The maximum atomic E-state index is 5.65. The number of rotatable bonds is 4. The van der Waals surface area contributed by atoms with Gasteiger partial charge in [-0.3, -0.25) is 9.58 Å². The van der Waals surface area contributed by atoms with E-state index in [-0.39, 0.29) is 18.5 Å². The molecule has 104 valence electrons. The van der Waals surface area contributed by atoms with Crippen molar-refractivity contribution in [2.24, 2.45) is 5.73 Å². The average Bonchev–Trinajstić information content (AvgIpc) is 2.77. The largest absolute Gasteiger partial charge is 0.374 e. The monoisotopic (exact) mass is 274 g/mol. The molecule has 0 radical (unpaired) electrons. The van der Waals surface area contributed by atoms with Crippen molar-refractivity contribution in [3.05, 3.63) is 18.0 Å². The number of nitrogens with zero attached hydrogens (tertiary/aromatic N) is 3. The fraction of sp³-hybridized carbons (Fsp3) is 0.750. The van der Waals surface area contributed by atoms with E-state index in [2.05, 4.69) is 34.6 Å². The Hall–Kier alpha value is -0.620. The molecule has 2 rings (SSSR count). The molecule has 0 spiro atoms. The maximum absolute atomic E-state index is 5.65. The van der Waals surface area contributed by atoms with Crippen LogP contribution >= 0.6 is 12.4 Å². The Morgan fingerprint density at radius 1 is 1.56 bits per heavy atom. The highest BCUT2D eigenvalue weighted by Crippen LogP contribution is 2.13. The average molecular weight is 275 g/mol. The molecule has 1 aliphatic rings. The minimum Gasteiger partial charge on any atom is -0.374 e. The molecule has 6 heteroatoms. The summed E-state index contributed by atoms with van der Waals surface area (Å²) in [6, 6.07) is 2.50. The van der Waals surface area contributed by atoms with E-state index >= 15 is 0 Å². The van der Waals surface area contributed by atoms with Crippen LogP contribution in [0.25, 0.3) is 0 Å². The minimum absolute atomic E-state index is 0. The summed E-state index contributed by atoms with van der Waals surface area (Å²) in [6.45, 7) is 8.49. The normalized spacial score (nSPS) is 21.0. The van der Waals surface area contributed by atoms with E-state index in [1.54, 1.807) is 0 Å². The Labute approximate surface area is 115 Å². The van der Waals surface area contributed by atoms with Crippen LogP contribution < -0.4 is 5.73 Å². The Morgan fingerprint density at radius 2 is 2.33 bits per heavy atom. The van der Waals surface area contributed by atoms with E-state index in [4.69, 9.17) is 10.5 Å². The van der Waals surface area contributed by atoms with E-state index in [9.17, 15) is 0 Å². The highest BCUT2D eigenvalue weighted by atomic mass is 35.5. The molecule has 5 nitrogen and oxygen atoms in total. The molecule has 1 aromatic rings. The second kappa shape index (κ2) is 7.09. The summed E-state index contributed by atoms with van der Waals surface area (Å²) in [4.78, 5) is 2.39. The first-order chi connectivity index (χ1) is 8.20. The van der Waals surface area contributed by atoms with Crippen LogP contribution in [0.4, 0.5) is 0 Å². The standard InChI is InChI=1S/C12H22N4O.ClH/c1-10(2)16-11(3-4-14-16)8-15-5-6-17-12(7-13)9-15;/h3-4,10,12H,5-9,13H2,1-2H3;1H. The molecule has 0 amide bonds. The van der Waals surface area contributed by atoms with Crippen molar-refractivity contribution in [3.8, 4) is 0 Å². The second-order valence-corrected chi connectivity index (χ2v) is 4.82. The van der Waals surface area contributed by atoms with Crippen molar-refractivity contribution in [1.29, 1.82) is 0 Å². The smallest absolute Gasteiger partial charge is 0.0824 e. The third-order valence-electron chi connectivity index (χ3n) is 3.11. The lowest BCUT2D eigenvalue weighted by atomic mass is 10.2. The third-order valence-corrected chi connectivity index (χ3v) is 3.11. The van der Waals surface area contributed by atoms with E-state index in [1.165, 1.54) is 5.69 Å². The van der Waals surface area contributed by atoms with Crippen LogP contribution in [-0.2, 0) is 11.3 Å². The summed E-state index contributed by atoms with van der Waals surface area (Å²) < 4.78 is 7.64. The van der Waals surface area contributed by atoms with Crippen molar-refractivity contribution >= 4 is 12.4 Å². The fourth-order valence-electron chi connectivity index (χ4n) is 2.23. The van der Waals surface area contributed by atoms with Gasteiger partial charge in [0.15, 0.2) is 0 Å². The first-order valence-electron chi connectivity index (χ1n) is 6.27. The molecular formula is C12H23ClN4O. The van der Waals surface area contributed by atoms with Crippen LogP contribution in [0, 0.1) is 0 Å². The van der Waals surface area contributed by atoms with Crippen molar-refractivity contribution < 1.29 is 4.74 Å². The van der Waals surface area contributed by atoms with E-state index in [1.807, 2.05) is 6.20 Å². The number of nitrogens with two attached hydrogens (primary N) is 1. The number of aromatic nitrogens is 2. The lowest BCUT2D eigenvalue weighted by Gasteiger charge is -2.32. The predicted octanol–water partition coefficient (Wildman–Crippen LogP) is 1.05.